The lowest BCUT2D eigenvalue weighted by Crippen LogP contribution is -2.06. The van der Waals surface area contributed by atoms with Crippen LogP contribution in [0.4, 0.5) is 0 Å². The van der Waals surface area contributed by atoms with Crippen LogP contribution in [-0.2, 0) is 18.4 Å². The van der Waals surface area contributed by atoms with Crippen LogP contribution in [-0.4, -0.2) is 20.7 Å². The summed E-state index contributed by atoms with van der Waals surface area (Å²) in [6.45, 7) is 1.94. The smallest absolute Gasteiger partial charge is 0.340 e. The summed E-state index contributed by atoms with van der Waals surface area (Å²) in [7, 11) is 1.81. The Morgan fingerprint density at radius 2 is 2.09 bits per heavy atom. The summed E-state index contributed by atoms with van der Waals surface area (Å²) in [6.07, 6.45) is 1.48. The number of pyridine rings is 1. The van der Waals surface area contributed by atoms with Crippen molar-refractivity contribution in [3.05, 3.63) is 57.3 Å². The SMILES string of the molecule is Cc1nn(C)c2ncc(C(=O)OCc3ccc(Cl)cc3Cl)cc12. The molecule has 0 spiro atoms. The molecule has 23 heavy (non-hydrogen) atoms. The maximum atomic E-state index is 12.2. The van der Waals surface area contributed by atoms with Crippen molar-refractivity contribution in [3.8, 4) is 0 Å². The Balaban J connectivity index is 1.79. The Morgan fingerprint density at radius 3 is 2.83 bits per heavy atom. The fourth-order valence-electron chi connectivity index (χ4n) is 2.28. The van der Waals surface area contributed by atoms with Gasteiger partial charge < -0.3 is 4.74 Å². The van der Waals surface area contributed by atoms with Gasteiger partial charge in [-0.05, 0) is 25.1 Å². The third-order valence-corrected chi connectivity index (χ3v) is 4.06. The Bertz CT molecular complexity index is 906. The van der Waals surface area contributed by atoms with Gasteiger partial charge in [0.05, 0.1) is 11.3 Å². The summed E-state index contributed by atoms with van der Waals surface area (Å²) in [5.41, 5.74) is 2.60. The Kier molecular flexibility index (Phi) is 4.24. The number of hydrogen-bond donors (Lipinski definition) is 0. The highest BCUT2D eigenvalue weighted by atomic mass is 35.5. The summed E-state index contributed by atoms with van der Waals surface area (Å²) in [5.74, 6) is -0.464. The highest BCUT2D eigenvalue weighted by Crippen LogP contribution is 2.22. The number of aromatic nitrogens is 3. The molecule has 0 atom stereocenters. The largest absolute Gasteiger partial charge is 0.457 e. The van der Waals surface area contributed by atoms with Gasteiger partial charge in [0.2, 0.25) is 0 Å². The molecule has 0 saturated carbocycles. The van der Waals surface area contributed by atoms with Crippen molar-refractivity contribution >= 4 is 40.2 Å². The molecule has 2 heterocycles. The zero-order valence-corrected chi connectivity index (χ0v) is 14.0. The summed E-state index contributed by atoms with van der Waals surface area (Å²) in [5, 5.41) is 6.10. The molecular weight excluding hydrogens is 337 g/mol. The zero-order chi connectivity index (χ0) is 16.6. The van der Waals surface area contributed by atoms with E-state index in [2.05, 4.69) is 10.1 Å². The second-order valence-corrected chi connectivity index (χ2v) is 5.96. The fourth-order valence-corrected chi connectivity index (χ4v) is 2.75. The predicted molar refractivity (Wildman–Crippen MR) is 88.8 cm³/mol. The van der Waals surface area contributed by atoms with E-state index >= 15 is 0 Å². The number of nitrogens with zero attached hydrogens (tertiary/aromatic N) is 3. The lowest BCUT2D eigenvalue weighted by Gasteiger charge is -2.07. The molecule has 0 radical (unpaired) electrons. The molecule has 0 aliphatic heterocycles. The number of aryl methyl sites for hydroxylation is 2. The van der Waals surface area contributed by atoms with Gasteiger partial charge in [0.15, 0.2) is 5.65 Å². The third-order valence-electron chi connectivity index (χ3n) is 3.47. The molecule has 0 aliphatic carbocycles. The lowest BCUT2D eigenvalue weighted by molar-refractivity contribution is 0.0472. The molecule has 0 saturated heterocycles. The van der Waals surface area contributed by atoms with Crippen molar-refractivity contribution in [2.24, 2.45) is 7.05 Å². The first kappa shape index (κ1) is 15.8. The van der Waals surface area contributed by atoms with E-state index in [1.807, 2.05) is 14.0 Å². The van der Waals surface area contributed by atoms with Crippen molar-refractivity contribution in [2.75, 3.05) is 0 Å². The Hall–Kier alpha value is -2.11. The predicted octanol–water partition coefficient (Wildman–Crippen LogP) is 3.94. The van der Waals surface area contributed by atoms with Gasteiger partial charge in [-0.1, -0.05) is 29.3 Å². The average Bonchev–Trinajstić information content (AvgIpc) is 2.80. The van der Waals surface area contributed by atoms with E-state index in [4.69, 9.17) is 27.9 Å². The van der Waals surface area contributed by atoms with Crippen LogP contribution in [0.1, 0.15) is 21.6 Å². The Morgan fingerprint density at radius 1 is 1.30 bits per heavy atom. The molecule has 7 heteroatoms. The molecule has 0 unspecified atom stereocenters. The van der Waals surface area contributed by atoms with Crippen LogP contribution in [0.25, 0.3) is 11.0 Å². The normalized spacial score (nSPS) is 11.0. The summed E-state index contributed by atoms with van der Waals surface area (Å²) < 4.78 is 6.97. The first-order valence-corrected chi connectivity index (χ1v) is 7.61. The minimum atomic E-state index is -0.464. The average molecular weight is 350 g/mol. The molecule has 0 amide bonds. The molecule has 118 valence electrons. The van der Waals surface area contributed by atoms with Crippen LogP contribution in [0.2, 0.25) is 10.0 Å². The highest BCUT2D eigenvalue weighted by molar-refractivity contribution is 6.35. The van der Waals surface area contributed by atoms with Crippen LogP contribution in [0.5, 0.6) is 0 Å². The zero-order valence-electron chi connectivity index (χ0n) is 12.5. The minimum absolute atomic E-state index is 0.0683. The standard InChI is InChI=1S/C16H13Cl2N3O2/c1-9-13-5-11(7-19-15(13)21(2)20-9)16(22)23-8-10-3-4-12(17)6-14(10)18/h3-7H,8H2,1-2H3. The molecule has 3 aromatic rings. The number of fused-ring (bicyclic) bond motifs is 1. The molecule has 0 bridgehead atoms. The van der Waals surface area contributed by atoms with Gasteiger partial charge in [-0.3, -0.25) is 4.68 Å². The number of rotatable bonds is 3. The highest BCUT2D eigenvalue weighted by Gasteiger charge is 2.13. The maximum absolute atomic E-state index is 12.2. The van der Waals surface area contributed by atoms with Gasteiger partial charge in [-0.2, -0.15) is 5.10 Å². The van der Waals surface area contributed by atoms with Crippen molar-refractivity contribution in [3.63, 3.8) is 0 Å². The van der Waals surface area contributed by atoms with Gasteiger partial charge >= 0.3 is 5.97 Å². The second-order valence-electron chi connectivity index (χ2n) is 5.12. The number of carbonyl (C=O) groups is 1. The van der Waals surface area contributed by atoms with Crippen molar-refractivity contribution < 1.29 is 9.53 Å². The number of ether oxygens (including phenoxy) is 1. The van der Waals surface area contributed by atoms with E-state index in [1.165, 1.54) is 6.20 Å². The molecule has 0 fully saturated rings. The van der Waals surface area contributed by atoms with Crippen molar-refractivity contribution in [1.82, 2.24) is 14.8 Å². The number of esters is 1. The molecule has 0 aliphatic rings. The minimum Gasteiger partial charge on any atom is -0.457 e. The molecular formula is C16H13Cl2N3O2. The molecule has 2 aromatic heterocycles. The maximum Gasteiger partial charge on any atom is 0.340 e. The second kappa shape index (κ2) is 6.18. The van der Waals surface area contributed by atoms with E-state index in [9.17, 15) is 4.79 Å². The fraction of sp³-hybridized carbons (Fsp3) is 0.188. The van der Waals surface area contributed by atoms with Crippen LogP contribution >= 0.6 is 23.2 Å². The molecule has 3 rings (SSSR count). The number of benzene rings is 1. The first-order chi connectivity index (χ1) is 11.0. The van der Waals surface area contributed by atoms with Gasteiger partial charge in [0.25, 0.3) is 0 Å². The number of carbonyl (C=O) groups excluding carboxylic acids is 1. The summed E-state index contributed by atoms with van der Waals surface area (Å²) in [4.78, 5) is 16.5. The van der Waals surface area contributed by atoms with Crippen molar-refractivity contribution in [2.45, 2.75) is 13.5 Å². The summed E-state index contributed by atoms with van der Waals surface area (Å²) in [6, 6.07) is 6.77. The van der Waals surface area contributed by atoms with E-state index in [-0.39, 0.29) is 6.61 Å². The van der Waals surface area contributed by atoms with E-state index in [0.717, 1.165) is 16.7 Å². The molecule has 0 N–H and O–H groups in total. The number of hydrogen-bond acceptors (Lipinski definition) is 4. The van der Waals surface area contributed by atoms with Crippen LogP contribution in [0.3, 0.4) is 0 Å². The van der Waals surface area contributed by atoms with Crippen LogP contribution < -0.4 is 0 Å². The van der Waals surface area contributed by atoms with E-state index < -0.39 is 5.97 Å². The van der Waals surface area contributed by atoms with E-state index in [0.29, 0.717) is 21.2 Å². The third kappa shape index (κ3) is 3.16. The van der Waals surface area contributed by atoms with E-state index in [1.54, 1.807) is 28.9 Å². The summed E-state index contributed by atoms with van der Waals surface area (Å²) >= 11 is 11.9. The van der Waals surface area contributed by atoms with Gasteiger partial charge in [-0.25, -0.2) is 9.78 Å². The Labute approximate surface area is 142 Å². The monoisotopic (exact) mass is 349 g/mol. The van der Waals surface area contributed by atoms with Gasteiger partial charge in [0, 0.05) is 34.2 Å². The quantitative estimate of drug-likeness (QED) is 0.672. The first-order valence-electron chi connectivity index (χ1n) is 6.86. The van der Waals surface area contributed by atoms with Gasteiger partial charge in [-0.15, -0.1) is 0 Å². The number of halogens is 2. The lowest BCUT2D eigenvalue weighted by atomic mass is 10.2. The van der Waals surface area contributed by atoms with Crippen LogP contribution in [0, 0.1) is 6.92 Å². The van der Waals surface area contributed by atoms with Gasteiger partial charge in [0.1, 0.15) is 6.61 Å². The molecule has 1 aromatic carbocycles. The topological polar surface area (TPSA) is 57.0 Å². The van der Waals surface area contributed by atoms with Crippen molar-refractivity contribution in [1.29, 1.82) is 0 Å². The van der Waals surface area contributed by atoms with Crippen LogP contribution in [0.15, 0.2) is 30.5 Å². The molecule has 5 nitrogen and oxygen atoms in total.